The largest absolute Gasteiger partial charge is 0.396 e. The predicted octanol–water partition coefficient (Wildman–Crippen LogP) is 3.61. The van der Waals surface area contributed by atoms with Crippen LogP contribution < -0.4 is 10.6 Å². The highest BCUT2D eigenvalue weighted by Crippen LogP contribution is 2.26. The number of carbonyl (C=O) groups excluding carboxylic acids is 2. The zero-order valence-electron chi connectivity index (χ0n) is 17.2. The Hall–Kier alpha value is -2.23. The molecule has 0 spiro atoms. The number of nitrogens with one attached hydrogen (secondary N) is 2. The van der Waals surface area contributed by atoms with Crippen molar-refractivity contribution in [2.45, 2.75) is 25.8 Å². The van der Waals surface area contributed by atoms with Gasteiger partial charge >= 0.3 is 0 Å². The predicted molar refractivity (Wildman–Crippen MR) is 129 cm³/mol. The van der Waals surface area contributed by atoms with Crippen molar-refractivity contribution in [1.29, 1.82) is 0 Å². The summed E-state index contributed by atoms with van der Waals surface area (Å²) in [7, 11) is 0. The molecule has 162 valence electrons. The van der Waals surface area contributed by atoms with Crippen molar-refractivity contribution >= 4 is 45.7 Å². The van der Waals surface area contributed by atoms with Gasteiger partial charge in [-0.3, -0.25) is 19.8 Å². The molecule has 1 fully saturated rings. The van der Waals surface area contributed by atoms with Gasteiger partial charge in [0, 0.05) is 39.7 Å². The van der Waals surface area contributed by atoms with Crippen molar-refractivity contribution in [2.24, 2.45) is 5.92 Å². The number of aliphatic hydroxyl groups is 1. The number of hydrogen-bond donors (Lipinski definition) is 3. The van der Waals surface area contributed by atoms with E-state index in [1.807, 2.05) is 24.3 Å². The van der Waals surface area contributed by atoms with Crippen LogP contribution in [-0.4, -0.2) is 41.5 Å². The van der Waals surface area contributed by atoms with Crippen LogP contribution in [0.4, 0.5) is 5.69 Å². The number of halogens is 1. The third-order valence-electron chi connectivity index (χ3n) is 5.98. The molecular formula is C24H26IN3O3. The SMILES string of the molecule is O=C1NC(=O)c2ccc(I)cc2C1=CNc1ccc(CN2CCC(CCO)CC2)cc1. The van der Waals surface area contributed by atoms with Crippen molar-refractivity contribution in [1.82, 2.24) is 10.2 Å². The minimum Gasteiger partial charge on any atom is -0.396 e. The molecule has 2 aromatic rings. The van der Waals surface area contributed by atoms with Gasteiger partial charge in [-0.05, 0) is 96.8 Å². The third-order valence-corrected chi connectivity index (χ3v) is 6.65. The lowest BCUT2D eigenvalue weighted by Gasteiger charge is -2.31. The summed E-state index contributed by atoms with van der Waals surface area (Å²) in [6, 6.07) is 13.7. The summed E-state index contributed by atoms with van der Waals surface area (Å²) in [6.45, 7) is 3.35. The second-order valence-electron chi connectivity index (χ2n) is 8.10. The summed E-state index contributed by atoms with van der Waals surface area (Å²) in [5.41, 5.74) is 3.73. The molecular weight excluding hydrogens is 505 g/mol. The van der Waals surface area contributed by atoms with Crippen molar-refractivity contribution in [3.05, 3.63) is 68.9 Å². The van der Waals surface area contributed by atoms with Gasteiger partial charge in [0.15, 0.2) is 0 Å². The fraction of sp³-hybridized carbons (Fsp3) is 0.333. The van der Waals surface area contributed by atoms with Crippen LogP contribution in [0.25, 0.3) is 5.57 Å². The third kappa shape index (κ3) is 5.34. The molecule has 0 radical (unpaired) electrons. The number of likely N-dealkylation sites (tertiary alicyclic amines) is 1. The maximum Gasteiger partial charge on any atom is 0.260 e. The number of rotatable bonds is 6. The Bertz CT molecular complexity index is 996. The molecule has 2 aliphatic rings. The van der Waals surface area contributed by atoms with Gasteiger partial charge in [0.1, 0.15) is 0 Å². The fourth-order valence-corrected chi connectivity index (χ4v) is 4.67. The van der Waals surface area contributed by atoms with Crippen molar-refractivity contribution < 1.29 is 14.7 Å². The van der Waals surface area contributed by atoms with Gasteiger partial charge in [0.25, 0.3) is 11.8 Å². The number of nitrogens with zero attached hydrogens (tertiary/aromatic N) is 1. The lowest BCUT2D eigenvalue weighted by atomic mass is 9.94. The van der Waals surface area contributed by atoms with Gasteiger partial charge in [-0.1, -0.05) is 12.1 Å². The lowest BCUT2D eigenvalue weighted by Crippen LogP contribution is -2.36. The number of amides is 2. The zero-order chi connectivity index (χ0) is 21.8. The first-order valence-corrected chi connectivity index (χ1v) is 11.7. The molecule has 3 N–H and O–H groups in total. The first-order valence-electron chi connectivity index (χ1n) is 10.6. The standard InChI is InChI=1S/C24H26IN3O3/c25-18-3-6-20-21(13-18)22(24(31)27-23(20)30)14-26-19-4-1-17(2-5-19)15-28-10-7-16(8-11-28)9-12-29/h1-6,13-14,16,26,29H,7-12,15H2,(H,27,30,31). The van der Waals surface area contributed by atoms with E-state index in [-0.39, 0.29) is 12.5 Å². The highest BCUT2D eigenvalue weighted by atomic mass is 127. The molecule has 2 aliphatic heterocycles. The lowest BCUT2D eigenvalue weighted by molar-refractivity contribution is -0.114. The highest BCUT2D eigenvalue weighted by molar-refractivity contribution is 14.1. The Balaban J connectivity index is 1.40. The summed E-state index contributed by atoms with van der Waals surface area (Å²) in [4.78, 5) is 26.9. The van der Waals surface area contributed by atoms with E-state index in [2.05, 4.69) is 50.3 Å². The second kappa shape index (κ2) is 9.93. The molecule has 2 heterocycles. The number of hydrogen-bond acceptors (Lipinski definition) is 5. The number of aliphatic hydroxyl groups excluding tert-OH is 1. The van der Waals surface area contributed by atoms with Crippen LogP contribution >= 0.6 is 22.6 Å². The average molecular weight is 531 g/mol. The number of carbonyl (C=O) groups is 2. The molecule has 0 atom stereocenters. The number of piperidine rings is 1. The maximum atomic E-state index is 12.4. The maximum absolute atomic E-state index is 12.4. The molecule has 1 saturated heterocycles. The Labute approximate surface area is 195 Å². The molecule has 31 heavy (non-hydrogen) atoms. The minimum absolute atomic E-state index is 0.290. The summed E-state index contributed by atoms with van der Waals surface area (Å²) in [5.74, 6) is -0.104. The number of fused-ring (bicyclic) bond motifs is 1. The molecule has 7 heteroatoms. The van der Waals surface area contributed by atoms with E-state index in [0.29, 0.717) is 22.6 Å². The van der Waals surface area contributed by atoms with Gasteiger partial charge in [0.2, 0.25) is 0 Å². The van der Waals surface area contributed by atoms with Crippen LogP contribution in [0.15, 0.2) is 48.7 Å². The molecule has 2 aromatic carbocycles. The van der Waals surface area contributed by atoms with Crippen LogP contribution in [0.2, 0.25) is 0 Å². The quantitative estimate of drug-likeness (QED) is 0.302. The molecule has 6 nitrogen and oxygen atoms in total. The molecule has 0 saturated carbocycles. The van der Waals surface area contributed by atoms with Crippen LogP contribution in [0, 0.1) is 9.49 Å². The Morgan fingerprint density at radius 1 is 1.06 bits per heavy atom. The van der Waals surface area contributed by atoms with E-state index in [1.54, 1.807) is 12.3 Å². The van der Waals surface area contributed by atoms with Crippen LogP contribution in [0.1, 0.15) is 40.7 Å². The topological polar surface area (TPSA) is 81.7 Å². The summed E-state index contributed by atoms with van der Waals surface area (Å²) in [6.07, 6.45) is 4.88. The summed E-state index contributed by atoms with van der Waals surface area (Å²) < 4.78 is 0.967. The van der Waals surface area contributed by atoms with Crippen LogP contribution in [-0.2, 0) is 11.3 Å². The van der Waals surface area contributed by atoms with Crippen molar-refractivity contribution in [3.63, 3.8) is 0 Å². The van der Waals surface area contributed by atoms with Crippen molar-refractivity contribution in [2.75, 3.05) is 25.0 Å². The van der Waals surface area contributed by atoms with E-state index in [9.17, 15) is 9.59 Å². The molecule has 0 unspecified atom stereocenters. The van der Waals surface area contributed by atoms with E-state index in [1.165, 1.54) is 5.56 Å². The first-order chi connectivity index (χ1) is 15.0. The van der Waals surface area contributed by atoms with Crippen molar-refractivity contribution in [3.8, 4) is 0 Å². The van der Waals surface area contributed by atoms with Gasteiger partial charge in [-0.15, -0.1) is 0 Å². The Morgan fingerprint density at radius 2 is 1.81 bits per heavy atom. The normalized spacial score (nSPS) is 18.7. The Morgan fingerprint density at radius 3 is 2.52 bits per heavy atom. The minimum atomic E-state index is -0.395. The Kier molecular flexibility index (Phi) is 7.04. The van der Waals surface area contributed by atoms with Gasteiger partial charge in [-0.25, -0.2) is 0 Å². The fourth-order valence-electron chi connectivity index (χ4n) is 4.18. The zero-order valence-corrected chi connectivity index (χ0v) is 19.4. The van der Waals surface area contributed by atoms with E-state index >= 15 is 0 Å². The molecule has 0 aliphatic carbocycles. The van der Waals surface area contributed by atoms with E-state index < -0.39 is 5.91 Å². The molecule has 2 amide bonds. The molecule has 4 rings (SSSR count). The monoisotopic (exact) mass is 531 g/mol. The number of anilines is 1. The van der Waals surface area contributed by atoms with Gasteiger partial charge in [0.05, 0.1) is 5.57 Å². The molecule has 0 aromatic heterocycles. The van der Waals surface area contributed by atoms with E-state index in [4.69, 9.17) is 5.11 Å². The van der Waals surface area contributed by atoms with Crippen LogP contribution in [0.5, 0.6) is 0 Å². The van der Waals surface area contributed by atoms with E-state index in [0.717, 1.165) is 48.2 Å². The summed E-state index contributed by atoms with van der Waals surface area (Å²) >= 11 is 2.18. The highest BCUT2D eigenvalue weighted by Gasteiger charge is 2.27. The average Bonchev–Trinajstić information content (AvgIpc) is 2.76. The van der Waals surface area contributed by atoms with Gasteiger partial charge in [-0.2, -0.15) is 0 Å². The van der Waals surface area contributed by atoms with Gasteiger partial charge < -0.3 is 10.4 Å². The van der Waals surface area contributed by atoms with Crippen LogP contribution in [0.3, 0.4) is 0 Å². The number of imide groups is 1. The number of benzene rings is 2. The summed E-state index contributed by atoms with van der Waals surface area (Å²) in [5, 5.41) is 14.7. The molecule has 0 bridgehead atoms. The smallest absolute Gasteiger partial charge is 0.260 e. The first kappa shape index (κ1) is 22.0. The second-order valence-corrected chi connectivity index (χ2v) is 9.35.